The monoisotopic (exact) mass is 418 g/mol. The first-order valence-electron chi connectivity index (χ1n) is 10.0. The van der Waals surface area contributed by atoms with Crippen molar-refractivity contribution in [2.45, 2.75) is 38.3 Å². The molecule has 2 amide bonds. The number of aliphatic carboxylic acids is 1. The number of nitro groups is 1. The largest absolute Gasteiger partial charge is 0.480 e. The molecule has 1 N–H and O–H groups in total. The molecule has 0 bridgehead atoms. The second-order valence-corrected chi connectivity index (χ2v) is 7.76. The number of carboxylic acids is 1. The number of carbonyl (C=O) groups excluding carboxylic acids is 2. The summed E-state index contributed by atoms with van der Waals surface area (Å²) in [7, 11) is 0. The standard InChI is InChI=1S/C20H26N4O6/c1-14(25)22-10-11-23(18(26)12-15-4-6-16(7-5-15)24(29)30)19(20(27)28)17(22)13-21-8-2-3-9-21/h4-7,17,19H,2-3,8-13H2,1H3,(H,27,28). The molecule has 2 aliphatic heterocycles. The van der Waals surface area contributed by atoms with Crippen molar-refractivity contribution in [1.82, 2.24) is 14.7 Å². The van der Waals surface area contributed by atoms with Crippen LogP contribution in [0.4, 0.5) is 5.69 Å². The molecule has 3 rings (SSSR count). The Kier molecular flexibility index (Phi) is 6.66. The Hall–Kier alpha value is -3.01. The SMILES string of the molecule is CC(=O)N1CCN(C(=O)Cc2ccc([N+](=O)[O-])cc2)C(C(=O)O)C1CN1CCCC1. The number of carbonyl (C=O) groups is 3. The van der Waals surface area contributed by atoms with Gasteiger partial charge in [-0.1, -0.05) is 12.1 Å². The fourth-order valence-electron chi connectivity index (χ4n) is 4.31. The highest BCUT2D eigenvalue weighted by molar-refractivity contribution is 5.87. The van der Waals surface area contributed by atoms with Crippen LogP contribution in [0.3, 0.4) is 0 Å². The number of piperazine rings is 1. The maximum absolute atomic E-state index is 13.0. The molecule has 1 aromatic rings. The predicted molar refractivity (Wildman–Crippen MR) is 107 cm³/mol. The Bertz CT molecular complexity index is 821. The van der Waals surface area contributed by atoms with Gasteiger partial charge in [0, 0.05) is 38.7 Å². The minimum atomic E-state index is -1.14. The molecule has 2 heterocycles. The fourth-order valence-corrected chi connectivity index (χ4v) is 4.31. The van der Waals surface area contributed by atoms with E-state index in [0.717, 1.165) is 25.9 Å². The number of nitrogens with zero attached hydrogens (tertiary/aromatic N) is 4. The topological polar surface area (TPSA) is 124 Å². The summed E-state index contributed by atoms with van der Waals surface area (Å²) in [5.74, 6) is -1.71. The molecular weight excluding hydrogens is 392 g/mol. The molecule has 2 saturated heterocycles. The van der Waals surface area contributed by atoms with Gasteiger partial charge in [-0.05, 0) is 31.5 Å². The Morgan fingerprint density at radius 1 is 1.07 bits per heavy atom. The molecule has 10 nitrogen and oxygen atoms in total. The first-order chi connectivity index (χ1) is 14.3. The summed E-state index contributed by atoms with van der Waals surface area (Å²) in [6.45, 7) is 3.96. The molecular formula is C20H26N4O6. The van der Waals surface area contributed by atoms with Crippen LogP contribution in [0.1, 0.15) is 25.3 Å². The van der Waals surface area contributed by atoms with E-state index in [4.69, 9.17) is 0 Å². The van der Waals surface area contributed by atoms with Crippen LogP contribution in [0.5, 0.6) is 0 Å². The van der Waals surface area contributed by atoms with Crippen molar-refractivity contribution in [3.8, 4) is 0 Å². The van der Waals surface area contributed by atoms with Crippen molar-refractivity contribution in [3.63, 3.8) is 0 Å². The van der Waals surface area contributed by atoms with Crippen LogP contribution >= 0.6 is 0 Å². The Labute approximate surface area is 174 Å². The number of likely N-dealkylation sites (tertiary alicyclic amines) is 1. The normalized spacial score (nSPS) is 22.2. The summed E-state index contributed by atoms with van der Waals surface area (Å²) in [5.41, 5.74) is 0.496. The molecule has 0 aliphatic carbocycles. The summed E-state index contributed by atoms with van der Waals surface area (Å²) in [4.78, 5) is 52.6. The Balaban J connectivity index is 1.79. The van der Waals surface area contributed by atoms with Crippen LogP contribution in [0, 0.1) is 10.1 Å². The average molecular weight is 418 g/mol. The van der Waals surface area contributed by atoms with E-state index in [2.05, 4.69) is 4.90 Å². The van der Waals surface area contributed by atoms with Gasteiger partial charge >= 0.3 is 5.97 Å². The number of nitro benzene ring substituents is 1. The number of benzene rings is 1. The molecule has 0 spiro atoms. The summed E-state index contributed by atoms with van der Waals surface area (Å²) >= 11 is 0. The lowest BCUT2D eigenvalue weighted by Crippen LogP contribution is -2.67. The van der Waals surface area contributed by atoms with Gasteiger partial charge in [-0.2, -0.15) is 0 Å². The van der Waals surface area contributed by atoms with Gasteiger partial charge in [0.25, 0.3) is 5.69 Å². The molecule has 2 unspecified atom stereocenters. The lowest BCUT2D eigenvalue weighted by Gasteiger charge is -2.46. The van der Waals surface area contributed by atoms with Gasteiger partial charge in [0.15, 0.2) is 6.04 Å². The van der Waals surface area contributed by atoms with Crippen LogP contribution in [-0.4, -0.2) is 87.3 Å². The van der Waals surface area contributed by atoms with Gasteiger partial charge in [-0.3, -0.25) is 19.7 Å². The Morgan fingerprint density at radius 2 is 1.67 bits per heavy atom. The first kappa shape index (κ1) is 21.7. The summed E-state index contributed by atoms with van der Waals surface area (Å²) in [6.07, 6.45) is 2.01. The first-order valence-corrected chi connectivity index (χ1v) is 10.0. The van der Waals surface area contributed by atoms with Crippen LogP contribution in [0.15, 0.2) is 24.3 Å². The van der Waals surface area contributed by atoms with Gasteiger partial charge in [-0.15, -0.1) is 0 Å². The van der Waals surface area contributed by atoms with Crippen molar-refractivity contribution in [2.75, 3.05) is 32.7 Å². The van der Waals surface area contributed by atoms with E-state index < -0.39 is 23.0 Å². The summed E-state index contributed by atoms with van der Waals surface area (Å²) in [6, 6.07) is 3.89. The molecule has 162 valence electrons. The van der Waals surface area contributed by atoms with Gasteiger partial charge in [0.1, 0.15) is 0 Å². The number of rotatable bonds is 6. The van der Waals surface area contributed by atoms with Crippen molar-refractivity contribution >= 4 is 23.5 Å². The number of hydrogen-bond acceptors (Lipinski definition) is 6. The van der Waals surface area contributed by atoms with E-state index in [1.54, 1.807) is 4.90 Å². The molecule has 0 radical (unpaired) electrons. The molecule has 1 aromatic carbocycles. The molecule has 0 aromatic heterocycles. The van der Waals surface area contributed by atoms with E-state index in [0.29, 0.717) is 12.1 Å². The highest BCUT2D eigenvalue weighted by Crippen LogP contribution is 2.23. The van der Waals surface area contributed by atoms with Gasteiger partial charge in [0.05, 0.1) is 17.4 Å². The van der Waals surface area contributed by atoms with Crippen LogP contribution in [-0.2, 0) is 20.8 Å². The smallest absolute Gasteiger partial charge is 0.328 e. The molecule has 2 aliphatic rings. The zero-order valence-electron chi connectivity index (χ0n) is 16.9. The maximum atomic E-state index is 13.0. The fraction of sp³-hybridized carbons (Fsp3) is 0.550. The zero-order valence-corrected chi connectivity index (χ0v) is 16.9. The molecule has 2 fully saturated rings. The Morgan fingerprint density at radius 3 is 2.20 bits per heavy atom. The van der Waals surface area contributed by atoms with Crippen molar-refractivity contribution in [2.24, 2.45) is 0 Å². The van der Waals surface area contributed by atoms with E-state index in [1.165, 1.54) is 36.1 Å². The van der Waals surface area contributed by atoms with Gasteiger partial charge in [-0.25, -0.2) is 4.79 Å². The van der Waals surface area contributed by atoms with Gasteiger partial charge in [0.2, 0.25) is 11.8 Å². The lowest BCUT2D eigenvalue weighted by atomic mass is 9.99. The molecule has 0 saturated carbocycles. The molecule has 2 atom stereocenters. The van der Waals surface area contributed by atoms with Crippen LogP contribution < -0.4 is 0 Å². The molecule has 30 heavy (non-hydrogen) atoms. The second kappa shape index (κ2) is 9.21. The van der Waals surface area contributed by atoms with Crippen LogP contribution in [0.25, 0.3) is 0 Å². The third-order valence-corrected chi connectivity index (χ3v) is 5.81. The highest BCUT2D eigenvalue weighted by atomic mass is 16.6. The number of carboxylic acid groups (broad SMARTS) is 1. The van der Waals surface area contributed by atoms with Crippen molar-refractivity contribution in [1.29, 1.82) is 0 Å². The minimum absolute atomic E-state index is 0.0573. The second-order valence-electron chi connectivity index (χ2n) is 7.76. The van der Waals surface area contributed by atoms with Crippen molar-refractivity contribution < 1.29 is 24.4 Å². The number of hydrogen-bond donors (Lipinski definition) is 1. The zero-order chi connectivity index (χ0) is 21.8. The quantitative estimate of drug-likeness (QED) is 0.534. The van der Waals surface area contributed by atoms with Gasteiger partial charge < -0.3 is 19.8 Å². The third kappa shape index (κ3) is 4.76. The van der Waals surface area contributed by atoms with E-state index in [9.17, 15) is 29.6 Å². The van der Waals surface area contributed by atoms with Crippen molar-refractivity contribution in [3.05, 3.63) is 39.9 Å². The average Bonchev–Trinajstić information content (AvgIpc) is 3.20. The highest BCUT2D eigenvalue weighted by Gasteiger charge is 2.44. The van der Waals surface area contributed by atoms with Crippen LogP contribution in [0.2, 0.25) is 0 Å². The summed E-state index contributed by atoms with van der Waals surface area (Å²) in [5, 5.41) is 20.7. The maximum Gasteiger partial charge on any atom is 0.328 e. The third-order valence-electron chi connectivity index (χ3n) is 5.81. The van der Waals surface area contributed by atoms with E-state index >= 15 is 0 Å². The lowest BCUT2D eigenvalue weighted by molar-refractivity contribution is -0.384. The summed E-state index contributed by atoms with van der Waals surface area (Å²) < 4.78 is 0. The minimum Gasteiger partial charge on any atom is -0.480 e. The van der Waals surface area contributed by atoms with E-state index in [1.807, 2.05) is 0 Å². The molecule has 10 heteroatoms. The number of non-ortho nitro benzene ring substituents is 1. The van der Waals surface area contributed by atoms with E-state index in [-0.39, 0.29) is 37.0 Å². The number of amides is 2. The predicted octanol–water partition coefficient (Wildman–Crippen LogP) is 0.746.